The Morgan fingerprint density at radius 3 is 2.48 bits per heavy atom. The molecule has 0 aliphatic carbocycles. The molecule has 3 N–H and O–H groups in total. The van der Waals surface area contributed by atoms with Gasteiger partial charge in [-0.25, -0.2) is 9.59 Å². The molecule has 1 aliphatic rings. The lowest BCUT2D eigenvalue weighted by Crippen LogP contribution is -2.64. The number of likely N-dealkylation sites (tertiary alicyclic amines) is 1. The molecular weight excluding hydrogens is 291 g/mol. The summed E-state index contributed by atoms with van der Waals surface area (Å²) in [6, 6.07) is -1.41. The third-order valence-electron chi connectivity index (χ3n) is 3.65. The number of carboxylic acids is 1. The molecule has 21 heavy (non-hydrogen) atoms. The number of aliphatic carboxylic acids is 1. The predicted molar refractivity (Wildman–Crippen MR) is 68.9 cm³/mol. The SMILES string of the molecule is CCN1CCCC(NC(=O)NC(C)(C(=O)O)C(F)(F)F)C1. The monoisotopic (exact) mass is 311 g/mol. The van der Waals surface area contributed by atoms with Crippen LogP contribution < -0.4 is 10.6 Å². The second kappa shape index (κ2) is 6.50. The number of piperidine rings is 1. The Morgan fingerprint density at radius 1 is 1.38 bits per heavy atom. The van der Waals surface area contributed by atoms with Crippen LogP contribution in [0, 0.1) is 0 Å². The fraction of sp³-hybridized carbons (Fsp3) is 0.833. The average Bonchev–Trinajstić information content (AvgIpc) is 2.37. The minimum atomic E-state index is -5.09. The summed E-state index contributed by atoms with van der Waals surface area (Å²) in [6.07, 6.45) is -3.60. The number of hydrogen-bond acceptors (Lipinski definition) is 3. The highest BCUT2D eigenvalue weighted by Crippen LogP contribution is 2.30. The van der Waals surface area contributed by atoms with E-state index < -0.39 is 23.7 Å². The lowest BCUT2D eigenvalue weighted by Gasteiger charge is -2.34. The van der Waals surface area contributed by atoms with Gasteiger partial charge in [-0.2, -0.15) is 13.2 Å². The largest absolute Gasteiger partial charge is 0.479 e. The normalized spacial score (nSPS) is 23.2. The molecule has 1 aliphatic heterocycles. The van der Waals surface area contributed by atoms with E-state index in [0.717, 1.165) is 19.5 Å². The molecule has 0 bridgehead atoms. The van der Waals surface area contributed by atoms with Crippen LogP contribution in [0.4, 0.5) is 18.0 Å². The van der Waals surface area contributed by atoms with Crippen LogP contribution in [0.1, 0.15) is 26.7 Å². The number of likely N-dealkylation sites (N-methyl/N-ethyl adjacent to an activating group) is 1. The molecule has 0 aromatic heterocycles. The van der Waals surface area contributed by atoms with E-state index in [1.807, 2.05) is 6.92 Å². The Bertz CT molecular complexity index is 403. The molecule has 2 amide bonds. The molecule has 0 radical (unpaired) electrons. The number of urea groups is 1. The van der Waals surface area contributed by atoms with Crippen LogP contribution in [0.3, 0.4) is 0 Å². The van der Waals surface area contributed by atoms with Crippen molar-refractivity contribution < 1.29 is 27.9 Å². The number of carbonyl (C=O) groups excluding carboxylic acids is 1. The molecule has 0 aromatic carbocycles. The number of nitrogens with one attached hydrogen (secondary N) is 2. The van der Waals surface area contributed by atoms with Gasteiger partial charge in [-0.15, -0.1) is 0 Å². The van der Waals surface area contributed by atoms with E-state index in [1.165, 1.54) is 5.32 Å². The zero-order chi connectivity index (χ0) is 16.3. The maximum absolute atomic E-state index is 12.8. The van der Waals surface area contributed by atoms with Crippen LogP contribution in [0.25, 0.3) is 0 Å². The molecule has 1 saturated heterocycles. The lowest BCUT2D eigenvalue weighted by molar-refractivity contribution is -0.203. The predicted octanol–water partition coefficient (Wildman–Crippen LogP) is 1.18. The van der Waals surface area contributed by atoms with Gasteiger partial charge in [0, 0.05) is 12.6 Å². The Kier molecular flexibility index (Phi) is 5.43. The van der Waals surface area contributed by atoms with Crippen LogP contribution in [0.15, 0.2) is 0 Å². The maximum Gasteiger partial charge on any atom is 0.422 e. The summed E-state index contributed by atoms with van der Waals surface area (Å²) in [5, 5.41) is 12.7. The van der Waals surface area contributed by atoms with Gasteiger partial charge in [0.05, 0.1) is 0 Å². The average molecular weight is 311 g/mol. The van der Waals surface area contributed by atoms with Crippen molar-refractivity contribution in [2.45, 2.75) is 44.4 Å². The Balaban J connectivity index is 2.65. The van der Waals surface area contributed by atoms with E-state index >= 15 is 0 Å². The van der Waals surface area contributed by atoms with E-state index in [2.05, 4.69) is 10.2 Å². The van der Waals surface area contributed by atoms with Crippen molar-refractivity contribution in [3.05, 3.63) is 0 Å². The van der Waals surface area contributed by atoms with Crippen LogP contribution in [0.2, 0.25) is 0 Å². The standard InChI is InChI=1S/C12H20F3N3O3/c1-3-18-6-4-5-8(7-18)16-10(21)17-11(2,9(19)20)12(13,14)15/h8H,3-7H2,1-2H3,(H,19,20)(H2,16,17,21). The molecule has 0 saturated carbocycles. The highest BCUT2D eigenvalue weighted by atomic mass is 19.4. The summed E-state index contributed by atoms with van der Waals surface area (Å²) in [7, 11) is 0. The molecular formula is C12H20F3N3O3. The molecule has 0 spiro atoms. The number of nitrogens with zero attached hydrogens (tertiary/aromatic N) is 1. The van der Waals surface area contributed by atoms with Crippen molar-refractivity contribution in [3.63, 3.8) is 0 Å². The van der Waals surface area contributed by atoms with Gasteiger partial charge in [0.2, 0.25) is 5.54 Å². The van der Waals surface area contributed by atoms with E-state index in [4.69, 9.17) is 5.11 Å². The molecule has 2 atom stereocenters. The highest BCUT2D eigenvalue weighted by molar-refractivity contribution is 5.86. The summed E-state index contributed by atoms with van der Waals surface area (Å²) in [5.74, 6) is -2.15. The van der Waals surface area contributed by atoms with Crippen molar-refractivity contribution in [2.24, 2.45) is 0 Å². The topological polar surface area (TPSA) is 81.7 Å². The molecule has 6 nitrogen and oxygen atoms in total. The third-order valence-corrected chi connectivity index (χ3v) is 3.65. The van der Waals surface area contributed by atoms with E-state index in [-0.39, 0.29) is 6.04 Å². The first kappa shape index (κ1) is 17.5. The second-order valence-corrected chi connectivity index (χ2v) is 5.26. The Morgan fingerprint density at radius 2 is 2.00 bits per heavy atom. The van der Waals surface area contributed by atoms with Gasteiger partial charge in [0.1, 0.15) is 0 Å². The Hall–Kier alpha value is -1.51. The smallest absolute Gasteiger partial charge is 0.422 e. The second-order valence-electron chi connectivity index (χ2n) is 5.26. The Labute approximate surface area is 120 Å². The maximum atomic E-state index is 12.8. The third kappa shape index (κ3) is 4.23. The number of rotatable bonds is 4. The summed E-state index contributed by atoms with van der Waals surface area (Å²) >= 11 is 0. The van der Waals surface area contributed by atoms with Crippen LogP contribution in [-0.2, 0) is 4.79 Å². The zero-order valence-electron chi connectivity index (χ0n) is 12.0. The minimum absolute atomic E-state index is 0.287. The summed E-state index contributed by atoms with van der Waals surface area (Å²) in [5.41, 5.74) is -3.31. The summed E-state index contributed by atoms with van der Waals surface area (Å²) in [6.45, 7) is 4.59. The number of carbonyl (C=O) groups is 2. The van der Waals surface area contributed by atoms with Crippen LogP contribution >= 0.6 is 0 Å². The number of halogens is 3. The van der Waals surface area contributed by atoms with Crippen molar-refractivity contribution in [2.75, 3.05) is 19.6 Å². The fourth-order valence-electron chi connectivity index (χ4n) is 2.15. The van der Waals surface area contributed by atoms with Gasteiger partial charge in [-0.05, 0) is 32.9 Å². The summed E-state index contributed by atoms with van der Waals surface area (Å²) < 4.78 is 38.3. The minimum Gasteiger partial charge on any atom is -0.479 e. The molecule has 0 aromatic rings. The molecule has 1 fully saturated rings. The van der Waals surface area contributed by atoms with Crippen molar-refractivity contribution >= 4 is 12.0 Å². The van der Waals surface area contributed by atoms with E-state index in [0.29, 0.717) is 19.9 Å². The zero-order valence-corrected chi connectivity index (χ0v) is 12.0. The van der Waals surface area contributed by atoms with Crippen molar-refractivity contribution in [1.82, 2.24) is 15.5 Å². The van der Waals surface area contributed by atoms with Gasteiger partial charge in [-0.1, -0.05) is 6.92 Å². The number of carboxylic acid groups (broad SMARTS) is 1. The molecule has 1 rings (SSSR count). The van der Waals surface area contributed by atoms with Crippen molar-refractivity contribution in [1.29, 1.82) is 0 Å². The van der Waals surface area contributed by atoms with Gasteiger partial charge in [-0.3, -0.25) is 0 Å². The molecule has 2 unspecified atom stereocenters. The fourth-order valence-corrected chi connectivity index (χ4v) is 2.15. The summed E-state index contributed by atoms with van der Waals surface area (Å²) in [4.78, 5) is 24.6. The van der Waals surface area contributed by atoms with E-state index in [1.54, 1.807) is 0 Å². The first-order valence-corrected chi connectivity index (χ1v) is 6.71. The number of alkyl halides is 3. The van der Waals surface area contributed by atoms with Gasteiger partial charge >= 0.3 is 18.2 Å². The molecule has 1 heterocycles. The van der Waals surface area contributed by atoms with Gasteiger partial charge in [0.25, 0.3) is 0 Å². The first-order valence-electron chi connectivity index (χ1n) is 6.71. The van der Waals surface area contributed by atoms with Crippen molar-refractivity contribution in [3.8, 4) is 0 Å². The molecule has 122 valence electrons. The van der Waals surface area contributed by atoms with E-state index in [9.17, 15) is 22.8 Å². The lowest BCUT2D eigenvalue weighted by atomic mass is 10.0. The highest BCUT2D eigenvalue weighted by Gasteiger charge is 2.58. The van der Waals surface area contributed by atoms with Gasteiger partial charge < -0.3 is 20.6 Å². The number of hydrogen-bond donors (Lipinski definition) is 3. The number of amides is 2. The molecule has 9 heteroatoms. The van der Waals surface area contributed by atoms with Gasteiger partial charge in [0.15, 0.2) is 0 Å². The first-order chi connectivity index (χ1) is 9.60. The quantitative estimate of drug-likeness (QED) is 0.728. The van der Waals surface area contributed by atoms with Crippen LogP contribution in [-0.4, -0.2) is 59.4 Å². The van der Waals surface area contributed by atoms with Crippen LogP contribution in [0.5, 0.6) is 0 Å².